The highest BCUT2D eigenvalue weighted by atomic mass is 16.5. The number of nitrogens with two attached hydrogens (primary N) is 1. The second kappa shape index (κ2) is 9.93. The third-order valence-electron chi connectivity index (χ3n) is 8.11. The minimum atomic E-state index is -0.268. The summed E-state index contributed by atoms with van der Waals surface area (Å²) in [6.07, 6.45) is 4.68. The van der Waals surface area contributed by atoms with Crippen LogP contribution >= 0.6 is 0 Å². The molecule has 7 heteroatoms. The normalized spacial score (nSPS) is 18.0. The predicted octanol–water partition coefficient (Wildman–Crippen LogP) is 4.82. The van der Waals surface area contributed by atoms with E-state index >= 15 is 0 Å². The summed E-state index contributed by atoms with van der Waals surface area (Å²) in [7, 11) is 0. The highest BCUT2D eigenvalue weighted by Crippen LogP contribution is 2.42. The van der Waals surface area contributed by atoms with Gasteiger partial charge in [-0.15, -0.1) is 0 Å². The molecule has 0 saturated heterocycles. The average molecular weight is 531 g/mol. The summed E-state index contributed by atoms with van der Waals surface area (Å²) in [5.74, 6) is -0.533. The Kier molecular flexibility index (Phi) is 6.10. The largest absolute Gasteiger partial charge is 0.375 e. The number of carbonyl (C=O) groups is 2. The summed E-state index contributed by atoms with van der Waals surface area (Å²) in [5, 5.41) is 1.88. The lowest BCUT2D eigenvalue weighted by atomic mass is 9.95. The van der Waals surface area contributed by atoms with E-state index in [4.69, 9.17) is 10.5 Å². The van der Waals surface area contributed by atoms with Crippen molar-refractivity contribution in [3.8, 4) is 0 Å². The first-order valence-corrected chi connectivity index (χ1v) is 13.8. The van der Waals surface area contributed by atoms with Crippen LogP contribution in [0.2, 0.25) is 0 Å². The fraction of sp³-hybridized carbons (Fsp3) is 0.212. The molecule has 2 aliphatic heterocycles. The predicted molar refractivity (Wildman–Crippen MR) is 156 cm³/mol. The molecule has 0 unspecified atom stereocenters. The van der Waals surface area contributed by atoms with Gasteiger partial charge in [0.15, 0.2) is 0 Å². The summed E-state index contributed by atoms with van der Waals surface area (Å²) < 4.78 is 10.5. The van der Waals surface area contributed by atoms with Gasteiger partial charge < -0.3 is 19.6 Å². The SMILES string of the molecule is NC[C@H]1CCn2cc(c3ccccc32)C2=C(C(=O)N(Cc3ccccc3)C2=O)c2cn(c3ccccc23)CCO1. The number of para-hydroxylation sites is 2. The number of rotatable bonds is 3. The summed E-state index contributed by atoms with van der Waals surface area (Å²) in [5.41, 5.74) is 11.5. The van der Waals surface area contributed by atoms with Crippen molar-refractivity contribution in [3.63, 3.8) is 0 Å². The first-order chi connectivity index (χ1) is 19.6. The number of ether oxygens (including phenoxy) is 1. The van der Waals surface area contributed by atoms with Crippen LogP contribution in [0.1, 0.15) is 23.1 Å². The van der Waals surface area contributed by atoms with Crippen molar-refractivity contribution in [2.24, 2.45) is 5.73 Å². The van der Waals surface area contributed by atoms with Crippen LogP contribution in [-0.2, 0) is 34.0 Å². The molecule has 7 nitrogen and oxygen atoms in total. The highest BCUT2D eigenvalue weighted by Gasteiger charge is 2.41. The lowest BCUT2D eigenvalue weighted by Crippen LogP contribution is -2.30. The number of aryl methyl sites for hydroxylation is 1. The molecule has 1 atom stereocenters. The molecule has 2 amide bonds. The molecule has 3 aromatic carbocycles. The molecule has 200 valence electrons. The van der Waals surface area contributed by atoms with E-state index < -0.39 is 0 Å². The standard InChI is InChI=1S/C33H30N4O3/c34-18-23-14-15-35-20-26(24-10-4-6-12-28(24)35)30-31(33(39)37(32(30)38)19-22-8-2-1-3-9-22)27-21-36(16-17-40-23)29-13-7-5-11-25(27)29/h1-13,20-21,23H,14-19,34H2/t23-/m1/s1. The van der Waals surface area contributed by atoms with Crippen molar-refractivity contribution < 1.29 is 14.3 Å². The third kappa shape index (κ3) is 3.97. The van der Waals surface area contributed by atoms with E-state index in [-0.39, 0.29) is 24.5 Å². The van der Waals surface area contributed by atoms with Gasteiger partial charge in [-0.25, -0.2) is 0 Å². The van der Waals surface area contributed by atoms with E-state index in [0.29, 0.717) is 37.4 Å². The van der Waals surface area contributed by atoms with E-state index in [1.165, 1.54) is 4.90 Å². The van der Waals surface area contributed by atoms with E-state index in [1.807, 2.05) is 85.2 Å². The maximum Gasteiger partial charge on any atom is 0.262 e. The monoisotopic (exact) mass is 530 g/mol. The first-order valence-electron chi connectivity index (χ1n) is 13.8. The van der Waals surface area contributed by atoms with Gasteiger partial charge in [0.25, 0.3) is 11.8 Å². The van der Waals surface area contributed by atoms with Gasteiger partial charge in [-0.3, -0.25) is 14.5 Å². The molecule has 0 spiro atoms. The molecule has 2 N–H and O–H groups in total. The van der Waals surface area contributed by atoms with Crippen LogP contribution in [0.15, 0.2) is 91.3 Å². The Morgan fingerprint density at radius 3 is 1.88 bits per heavy atom. The van der Waals surface area contributed by atoms with E-state index in [2.05, 4.69) is 15.2 Å². The number of amides is 2. The smallest absolute Gasteiger partial charge is 0.262 e. The second-order valence-corrected chi connectivity index (χ2v) is 10.5. The quantitative estimate of drug-likeness (QED) is 0.339. The molecule has 40 heavy (non-hydrogen) atoms. The molecule has 0 fully saturated rings. The zero-order valence-corrected chi connectivity index (χ0v) is 22.1. The zero-order chi connectivity index (χ0) is 27.2. The topological polar surface area (TPSA) is 82.5 Å². The molecule has 4 bridgehead atoms. The Balaban J connectivity index is 1.49. The van der Waals surface area contributed by atoms with Crippen LogP contribution in [0.25, 0.3) is 33.0 Å². The molecule has 7 rings (SSSR count). The molecule has 5 aromatic rings. The number of aromatic nitrogens is 2. The average Bonchev–Trinajstić information content (AvgIpc) is 3.61. The number of fused-ring (bicyclic) bond motifs is 12. The van der Waals surface area contributed by atoms with Crippen LogP contribution in [0.5, 0.6) is 0 Å². The summed E-state index contributed by atoms with van der Waals surface area (Å²) in [6.45, 7) is 2.45. The third-order valence-corrected chi connectivity index (χ3v) is 8.11. The molecule has 0 saturated carbocycles. The van der Waals surface area contributed by atoms with Crippen molar-refractivity contribution in [2.45, 2.75) is 32.2 Å². The van der Waals surface area contributed by atoms with Crippen LogP contribution in [-0.4, -0.2) is 45.1 Å². The lowest BCUT2D eigenvalue weighted by molar-refractivity contribution is -0.136. The Hall–Kier alpha value is -4.46. The maximum atomic E-state index is 14.3. The fourth-order valence-corrected chi connectivity index (χ4v) is 6.12. The van der Waals surface area contributed by atoms with Crippen molar-refractivity contribution in [3.05, 3.63) is 108 Å². The summed E-state index contributed by atoms with van der Waals surface area (Å²) >= 11 is 0. The van der Waals surface area contributed by atoms with Crippen LogP contribution < -0.4 is 5.73 Å². The van der Waals surface area contributed by atoms with E-state index in [1.54, 1.807) is 0 Å². The lowest BCUT2D eigenvalue weighted by Gasteiger charge is -2.17. The van der Waals surface area contributed by atoms with E-state index in [0.717, 1.165) is 44.9 Å². The number of hydrogen-bond acceptors (Lipinski definition) is 4. The Morgan fingerprint density at radius 2 is 1.27 bits per heavy atom. The van der Waals surface area contributed by atoms with E-state index in [9.17, 15) is 9.59 Å². The van der Waals surface area contributed by atoms with Gasteiger partial charge in [-0.1, -0.05) is 66.7 Å². The first kappa shape index (κ1) is 24.6. The van der Waals surface area contributed by atoms with Gasteiger partial charge in [0.2, 0.25) is 0 Å². The minimum absolute atomic E-state index is 0.0836. The van der Waals surface area contributed by atoms with Gasteiger partial charge in [-0.2, -0.15) is 0 Å². The number of benzene rings is 3. The molecule has 2 aromatic heterocycles. The molecule has 4 heterocycles. The van der Waals surface area contributed by atoms with Gasteiger partial charge >= 0.3 is 0 Å². The Labute approximate surface area is 232 Å². The molecular weight excluding hydrogens is 500 g/mol. The molecular formula is C33H30N4O3. The van der Waals surface area contributed by atoms with Crippen LogP contribution in [0.4, 0.5) is 0 Å². The number of hydrogen-bond donors (Lipinski definition) is 1. The molecule has 0 aliphatic carbocycles. The van der Waals surface area contributed by atoms with Crippen LogP contribution in [0, 0.1) is 0 Å². The number of imide groups is 1. The fourth-order valence-electron chi connectivity index (χ4n) is 6.12. The Bertz CT molecular complexity index is 1800. The van der Waals surface area contributed by atoms with Gasteiger partial charge in [0.1, 0.15) is 0 Å². The number of carbonyl (C=O) groups excluding carboxylic acids is 2. The van der Waals surface area contributed by atoms with Crippen molar-refractivity contribution >= 4 is 44.8 Å². The second-order valence-electron chi connectivity index (χ2n) is 10.5. The van der Waals surface area contributed by atoms with Gasteiger partial charge in [-0.05, 0) is 24.1 Å². The van der Waals surface area contributed by atoms with Crippen molar-refractivity contribution in [2.75, 3.05) is 13.2 Å². The minimum Gasteiger partial charge on any atom is -0.375 e. The van der Waals surface area contributed by atoms with Crippen molar-refractivity contribution in [1.29, 1.82) is 0 Å². The van der Waals surface area contributed by atoms with Gasteiger partial charge in [0, 0.05) is 65.0 Å². The Morgan fingerprint density at radius 1 is 0.725 bits per heavy atom. The molecule has 2 aliphatic rings. The molecule has 0 radical (unpaired) electrons. The van der Waals surface area contributed by atoms with Crippen molar-refractivity contribution in [1.82, 2.24) is 14.0 Å². The number of nitrogens with zero attached hydrogens (tertiary/aromatic N) is 3. The highest BCUT2D eigenvalue weighted by molar-refractivity contribution is 6.50. The summed E-state index contributed by atoms with van der Waals surface area (Å²) in [4.78, 5) is 30.0. The zero-order valence-electron chi connectivity index (χ0n) is 22.1. The van der Waals surface area contributed by atoms with Gasteiger partial charge in [0.05, 0.1) is 30.4 Å². The van der Waals surface area contributed by atoms with Crippen LogP contribution in [0.3, 0.4) is 0 Å². The summed E-state index contributed by atoms with van der Waals surface area (Å²) in [6, 6.07) is 25.8. The maximum absolute atomic E-state index is 14.3.